The number of benzene rings is 2. The second kappa shape index (κ2) is 7.30. The zero-order valence-corrected chi connectivity index (χ0v) is 12.9. The van der Waals surface area contributed by atoms with Crippen molar-refractivity contribution < 1.29 is 4.79 Å². The minimum atomic E-state index is -0.0367. The molecule has 4 heteroatoms. The first-order chi connectivity index (χ1) is 10.1. The highest BCUT2D eigenvalue weighted by Crippen LogP contribution is 2.23. The van der Waals surface area contributed by atoms with Crippen LogP contribution in [0, 0.1) is 0 Å². The number of rotatable bonds is 5. The average Bonchev–Trinajstić information content (AvgIpc) is 2.48. The third-order valence-electron chi connectivity index (χ3n) is 3.04. The van der Waals surface area contributed by atoms with E-state index >= 15 is 0 Å². The predicted molar refractivity (Wildman–Crippen MR) is 89.2 cm³/mol. The second-order valence-corrected chi connectivity index (χ2v) is 5.38. The fourth-order valence-electron chi connectivity index (χ4n) is 2.01. The van der Waals surface area contributed by atoms with Crippen molar-refractivity contribution in [2.24, 2.45) is 0 Å². The van der Waals surface area contributed by atoms with Crippen LogP contribution in [0.3, 0.4) is 0 Å². The Labute approximate surface area is 134 Å². The summed E-state index contributed by atoms with van der Waals surface area (Å²) in [6.07, 6.45) is 1.92. The molecule has 0 aliphatic rings. The van der Waals surface area contributed by atoms with E-state index in [1.807, 2.05) is 30.3 Å². The van der Waals surface area contributed by atoms with Crippen molar-refractivity contribution in [1.82, 2.24) is 0 Å². The van der Waals surface area contributed by atoms with Crippen molar-refractivity contribution in [2.45, 2.75) is 6.42 Å². The maximum atomic E-state index is 12.5. The number of nitrogens with zero attached hydrogens (tertiary/aromatic N) is 1. The zero-order valence-electron chi connectivity index (χ0n) is 11.4. The maximum absolute atomic E-state index is 12.5. The van der Waals surface area contributed by atoms with Gasteiger partial charge in [-0.3, -0.25) is 4.79 Å². The van der Waals surface area contributed by atoms with Gasteiger partial charge >= 0.3 is 0 Å². The number of carbonyl (C=O) groups excluding carboxylic acids is 1. The maximum Gasteiger partial charge on any atom is 0.231 e. The summed E-state index contributed by atoms with van der Waals surface area (Å²) in [6, 6.07) is 14.6. The number of halogens is 2. The lowest BCUT2D eigenvalue weighted by Crippen LogP contribution is -2.32. The second-order valence-electron chi connectivity index (χ2n) is 4.54. The molecule has 21 heavy (non-hydrogen) atoms. The van der Waals surface area contributed by atoms with Crippen molar-refractivity contribution in [1.29, 1.82) is 0 Å². The minimum Gasteiger partial charge on any atom is -0.308 e. The molecular formula is C17H15Cl2NO. The Morgan fingerprint density at radius 1 is 1.14 bits per heavy atom. The Morgan fingerprint density at radius 3 is 2.48 bits per heavy atom. The van der Waals surface area contributed by atoms with Crippen molar-refractivity contribution in [2.75, 3.05) is 11.4 Å². The Kier molecular flexibility index (Phi) is 5.43. The lowest BCUT2D eigenvalue weighted by Gasteiger charge is -2.21. The van der Waals surface area contributed by atoms with Gasteiger partial charge < -0.3 is 4.90 Å². The number of hydrogen-bond acceptors (Lipinski definition) is 1. The molecule has 0 atom stereocenters. The molecule has 2 aromatic rings. The van der Waals surface area contributed by atoms with Crippen LogP contribution < -0.4 is 4.90 Å². The average molecular weight is 320 g/mol. The Bertz CT molecular complexity index is 640. The van der Waals surface area contributed by atoms with Gasteiger partial charge in [0.25, 0.3) is 0 Å². The van der Waals surface area contributed by atoms with Gasteiger partial charge in [0.1, 0.15) is 0 Å². The highest BCUT2D eigenvalue weighted by Gasteiger charge is 2.16. The molecule has 0 unspecified atom stereocenters. The summed E-state index contributed by atoms with van der Waals surface area (Å²) in [6.45, 7) is 4.16. The van der Waals surface area contributed by atoms with Crippen LogP contribution in [0.15, 0.2) is 61.2 Å². The van der Waals surface area contributed by atoms with E-state index in [9.17, 15) is 4.79 Å². The first-order valence-corrected chi connectivity index (χ1v) is 7.27. The first kappa shape index (κ1) is 15.6. The molecule has 0 aliphatic heterocycles. The molecule has 0 fully saturated rings. The molecule has 108 valence electrons. The molecule has 0 bridgehead atoms. The molecule has 0 aromatic heterocycles. The summed E-state index contributed by atoms with van der Waals surface area (Å²) in [7, 11) is 0. The fraction of sp³-hybridized carbons (Fsp3) is 0.118. The quantitative estimate of drug-likeness (QED) is 0.728. The van der Waals surface area contributed by atoms with E-state index in [0.29, 0.717) is 16.6 Å². The third-order valence-corrected chi connectivity index (χ3v) is 3.62. The van der Waals surface area contributed by atoms with Crippen molar-refractivity contribution in [3.05, 3.63) is 76.8 Å². The minimum absolute atomic E-state index is 0.0367. The molecule has 2 nitrogen and oxygen atoms in total. The van der Waals surface area contributed by atoms with Crippen LogP contribution in [0.5, 0.6) is 0 Å². The molecular weight excluding hydrogens is 305 g/mol. The highest BCUT2D eigenvalue weighted by molar-refractivity contribution is 6.35. The number of hydrogen-bond donors (Lipinski definition) is 0. The van der Waals surface area contributed by atoms with Crippen LogP contribution in [-0.2, 0) is 11.2 Å². The van der Waals surface area contributed by atoms with E-state index in [0.717, 1.165) is 11.3 Å². The monoisotopic (exact) mass is 319 g/mol. The van der Waals surface area contributed by atoms with Crippen molar-refractivity contribution in [3.63, 3.8) is 0 Å². The van der Waals surface area contributed by atoms with E-state index in [-0.39, 0.29) is 12.3 Å². The summed E-state index contributed by atoms with van der Waals surface area (Å²) < 4.78 is 0. The Balaban J connectivity index is 2.21. The van der Waals surface area contributed by atoms with Crippen LogP contribution in [0.25, 0.3) is 0 Å². The van der Waals surface area contributed by atoms with Crippen LogP contribution in [0.4, 0.5) is 5.69 Å². The number of para-hydroxylation sites is 1. The molecule has 0 saturated heterocycles. The van der Waals surface area contributed by atoms with Crippen LogP contribution in [0.2, 0.25) is 10.0 Å². The van der Waals surface area contributed by atoms with Gasteiger partial charge in [0, 0.05) is 22.3 Å². The molecule has 0 aliphatic carbocycles. The van der Waals surface area contributed by atoms with Gasteiger partial charge in [-0.25, -0.2) is 0 Å². The summed E-state index contributed by atoms with van der Waals surface area (Å²) in [4.78, 5) is 14.2. The van der Waals surface area contributed by atoms with Crippen molar-refractivity contribution in [3.8, 4) is 0 Å². The molecule has 0 radical (unpaired) electrons. The molecule has 2 aromatic carbocycles. The van der Waals surface area contributed by atoms with Crippen LogP contribution >= 0.6 is 23.2 Å². The highest BCUT2D eigenvalue weighted by atomic mass is 35.5. The smallest absolute Gasteiger partial charge is 0.231 e. The van der Waals surface area contributed by atoms with Crippen LogP contribution in [0.1, 0.15) is 5.56 Å². The SMILES string of the molecule is C=CCN(C(=O)Cc1ccc(Cl)cc1Cl)c1ccccc1. The molecule has 0 N–H and O–H groups in total. The van der Waals surface area contributed by atoms with E-state index < -0.39 is 0 Å². The number of carbonyl (C=O) groups is 1. The summed E-state index contributed by atoms with van der Waals surface area (Å²) in [5.41, 5.74) is 1.60. The third kappa shape index (κ3) is 4.10. The summed E-state index contributed by atoms with van der Waals surface area (Å²) >= 11 is 12.0. The molecule has 0 spiro atoms. The van der Waals surface area contributed by atoms with Crippen LogP contribution in [-0.4, -0.2) is 12.5 Å². The standard InChI is InChI=1S/C17H15Cl2NO/c1-2-10-20(15-6-4-3-5-7-15)17(21)11-13-8-9-14(18)12-16(13)19/h2-9,12H,1,10-11H2. The topological polar surface area (TPSA) is 20.3 Å². The summed E-state index contributed by atoms with van der Waals surface area (Å²) in [5.74, 6) is -0.0367. The van der Waals surface area contributed by atoms with Gasteiger partial charge in [-0.2, -0.15) is 0 Å². The Hall–Kier alpha value is -1.77. The van der Waals surface area contributed by atoms with E-state index in [1.54, 1.807) is 29.2 Å². The largest absolute Gasteiger partial charge is 0.308 e. The Morgan fingerprint density at radius 2 is 1.86 bits per heavy atom. The van der Waals surface area contributed by atoms with Gasteiger partial charge in [-0.05, 0) is 29.8 Å². The normalized spacial score (nSPS) is 10.2. The molecule has 2 rings (SSSR count). The van der Waals surface area contributed by atoms with E-state index in [2.05, 4.69) is 6.58 Å². The van der Waals surface area contributed by atoms with E-state index in [1.165, 1.54) is 0 Å². The van der Waals surface area contributed by atoms with Gasteiger partial charge in [-0.1, -0.05) is 53.5 Å². The van der Waals surface area contributed by atoms with Crippen molar-refractivity contribution >= 4 is 34.8 Å². The van der Waals surface area contributed by atoms with Gasteiger partial charge in [0.15, 0.2) is 0 Å². The van der Waals surface area contributed by atoms with Gasteiger partial charge in [0.2, 0.25) is 5.91 Å². The predicted octanol–water partition coefficient (Wildman–Crippen LogP) is 4.76. The van der Waals surface area contributed by atoms with Gasteiger partial charge in [-0.15, -0.1) is 6.58 Å². The number of anilines is 1. The first-order valence-electron chi connectivity index (χ1n) is 6.52. The lowest BCUT2D eigenvalue weighted by molar-refractivity contribution is -0.117. The van der Waals surface area contributed by atoms with Gasteiger partial charge in [0.05, 0.1) is 6.42 Å². The zero-order chi connectivity index (χ0) is 15.2. The molecule has 0 heterocycles. The number of amides is 1. The molecule has 1 amide bonds. The fourth-order valence-corrected chi connectivity index (χ4v) is 2.49. The lowest BCUT2D eigenvalue weighted by atomic mass is 10.1. The summed E-state index contributed by atoms with van der Waals surface area (Å²) in [5, 5.41) is 1.06. The van der Waals surface area contributed by atoms with E-state index in [4.69, 9.17) is 23.2 Å². The molecule has 0 saturated carbocycles.